The van der Waals surface area contributed by atoms with E-state index in [0.717, 1.165) is 0 Å². The molecule has 0 saturated heterocycles. The van der Waals surface area contributed by atoms with Crippen LogP contribution in [0.1, 0.15) is 0 Å². The molecule has 0 bridgehead atoms. The van der Waals surface area contributed by atoms with Crippen LogP contribution in [0.3, 0.4) is 0 Å². The van der Waals surface area contributed by atoms with Crippen molar-refractivity contribution in [2.75, 3.05) is 0 Å². The van der Waals surface area contributed by atoms with Crippen LogP contribution in [-0.2, 0) is 0 Å². The number of benzene rings is 2. The van der Waals surface area contributed by atoms with Crippen molar-refractivity contribution in [3.05, 3.63) is 60.7 Å². The molecule has 88 valence electrons. The number of nitrogens with two attached hydrogens (primary N) is 2. The fraction of sp³-hybridized carbons (Fsp3) is 0. The molecule has 17 heavy (non-hydrogen) atoms. The van der Waals surface area contributed by atoms with Crippen LogP contribution < -0.4 is 11.5 Å². The summed E-state index contributed by atoms with van der Waals surface area (Å²) in [5.41, 5.74) is 8.94. The third kappa shape index (κ3) is 6.27. The van der Waals surface area contributed by atoms with Crippen LogP contribution in [0.5, 0.6) is 0 Å². The monoisotopic (exact) mass is 245 g/mol. The maximum atomic E-state index is 6.06. The van der Waals surface area contributed by atoms with E-state index in [1.807, 2.05) is 12.1 Å². The minimum atomic E-state index is -0.333. The minimum absolute atomic E-state index is 0.333. The standard InChI is InChI=1S/C12H10S.CH5N3/c1-3-7-11(8-4-1)13-12-9-5-2-6-10-12;2-1(3)4/h1-10H;(H5,2,3,4). The minimum Gasteiger partial charge on any atom is -0.370 e. The summed E-state index contributed by atoms with van der Waals surface area (Å²) in [5, 5.41) is 6.06. The molecule has 0 radical (unpaired) electrons. The molecule has 0 aliphatic carbocycles. The average molecular weight is 245 g/mol. The summed E-state index contributed by atoms with van der Waals surface area (Å²) < 4.78 is 0. The molecular formula is C13H15N3S. The van der Waals surface area contributed by atoms with Crippen molar-refractivity contribution < 1.29 is 0 Å². The Balaban J connectivity index is 0.000000317. The molecule has 0 aromatic heterocycles. The molecule has 0 atom stereocenters. The van der Waals surface area contributed by atoms with Crippen molar-refractivity contribution in [2.45, 2.75) is 9.79 Å². The van der Waals surface area contributed by atoms with E-state index in [4.69, 9.17) is 5.41 Å². The van der Waals surface area contributed by atoms with E-state index in [2.05, 4.69) is 60.0 Å². The van der Waals surface area contributed by atoms with Gasteiger partial charge in [-0.3, -0.25) is 5.41 Å². The summed E-state index contributed by atoms with van der Waals surface area (Å²) in [4.78, 5) is 2.57. The highest BCUT2D eigenvalue weighted by molar-refractivity contribution is 7.99. The van der Waals surface area contributed by atoms with Crippen LogP contribution in [0.4, 0.5) is 0 Å². The summed E-state index contributed by atoms with van der Waals surface area (Å²) in [6.07, 6.45) is 0. The van der Waals surface area contributed by atoms with Gasteiger partial charge in [0.2, 0.25) is 0 Å². The Labute approximate surface area is 105 Å². The SMILES string of the molecule is N=C(N)N.c1ccc(Sc2ccccc2)cc1. The third-order valence-corrected chi connectivity index (χ3v) is 2.74. The maximum absolute atomic E-state index is 6.06. The molecule has 3 nitrogen and oxygen atoms in total. The highest BCUT2D eigenvalue weighted by atomic mass is 32.2. The van der Waals surface area contributed by atoms with Gasteiger partial charge in [-0.15, -0.1) is 0 Å². The Morgan fingerprint density at radius 1 is 0.765 bits per heavy atom. The van der Waals surface area contributed by atoms with Crippen molar-refractivity contribution in [2.24, 2.45) is 11.5 Å². The third-order valence-electron chi connectivity index (χ3n) is 1.72. The highest BCUT2D eigenvalue weighted by Gasteiger charge is 1.93. The van der Waals surface area contributed by atoms with Gasteiger partial charge in [0.15, 0.2) is 5.96 Å². The van der Waals surface area contributed by atoms with Crippen molar-refractivity contribution in [1.29, 1.82) is 5.41 Å². The van der Waals surface area contributed by atoms with Gasteiger partial charge < -0.3 is 11.5 Å². The number of rotatable bonds is 2. The molecule has 0 fully saturated rings. The highest BCUT2D eigenvalue weighted by Crippen LogP contribution is 2.26. The average Bonchev–Trinajstić information content (AvgIpc) is 2.31. The first-order valence-electron chi connectivity index (χ1n) is 5.06. The topological polar surface area (TPSA) is 75.9 Å². The second-order valence-corrected chi connectivity index (χ2v) is 4.33. The van der Waals surface area contributed by atoms with Gasteiger partial charge in [0.25, 0.3) is 0 Å². The Bertz CT molecular complexity index is 401. The van der Waals surface area contributed by atoms with Crippen LogP contribution in [0.2, 0.25) is 0 Å². The van der Waals surface area contributed by atoms with Gasteiger partial charge in [-0.2, -0.15) is 0 Å². The largest absolute Gasteiger partial charge is 0.370 e. The molecule has 0 spiro atoms. The first-order chi connectivity index (χ1) is 8.18. The molecule has 0 heterocycles. The smallest absolute Gasteiger partial charge is 0.183 e. The Kier molecular flexibility index (Phi) is 5.68. The van der Waals surface area contributed by atoms with E-state index < -0.39 is 0 Å². The van der Waals surface area contributed by atoms with Crippen LogP contribution in [-0.4, -0.2) is 5.96 Å². The molecule has 0 aliphatic heterocycles. The first kappa shape index (κ1) is 13.1. The number of nitrogens with one attached hydrogen (secondary N) is 1. The predicted molar refractivity (Wildman–Crippen MR) is 73.1 cm³/mol. The Morgan fingerprint density at radius 2 is 1.06 bits per heavy atom. The van der Waals surface area contributed by atoms with E-state index in [1.54, 1.807) is 11.8 Å². The lowest BCUT2D eigenvalue weighted by Gasteiger charge is -1.99. The summed E-state index contributed by atoms with van der Waals surface area (Å²) in [5.74, 6) is -0.333. The molecule has 2 aromatic carbocycles. The Hall–Kier alpha value is -1.94. The van der Waals surface area contributed by atoms with Crippen molar-refractivity contribution in [1.82, 2.24) is 0 Å². The second-order valence-electron chi connectivity index (χ2n) is 3.18. The van der Waals surface area contributed by atoms with Gasteiger partial charge in [-0.05, 0) is 24.3 Å². The van der Waals surface area contributed by atoms with Crippen molar-refractivity contribution >= 4 is 17.7 Å². The molecule has 4 heteroatoms. The normalized spacial score (nSPS) is 8.94. The lowest BCUT2D eigenvalue weighted by molar-refractivity contribution is 1.39. The van der Waals surface area contributed by atoms with E-state index >= 15 is 0 Å². The predicted octanol–water partition coefficient (Wildman–Crippen LogP) is 2.68. The molecule has 0 saturated carbocycles. The molecular weight excluding hydrogens is 230 g/mol. The van der Waals surface area contributed by atoms with Gasteiger partial charge >= 0.3 is 0 Å². The van der Waals surface area contributed by atoms with Gasteiger partial charge in [0, 0.05) is 9.79 Å². The summed E-state index contributed by atoms with van der Waals surface area (Å²) in [6, 6.07) is 20.8. The molecule has 2 aromatic rings. The fourth-order valence-corrected chi connectivity index (χ4v) is 1.97. The van der Waals surface area contributed by atoms with E-state index in [0.29, 0.717) is 0 Å². The van der Waals surface area contributed by atoms with Crippen molar-refractivity contribution in [3.8, 4) is 0 Å². The van der Waals surface area contributed by atoms with Crippen molar-refractivity contribution in [3.63, 3.8) is 0 Å². The maximum Gasteiger partial charge on any atom is 0.183 e. The summed E-state index contributed by atoms with van der Waals surface area (Å²) in [7, 11) is 0. The molecule has 0 unspecified atom stereocenters. The van der Waals surface area contributed by atoms with Gasteiger partial charge in [0.05, 0.1) is 0 Å². The molecule has 0 aliphatic rings. The number of hydrogen-bond donors (Lipinski definition) is 3. The van der Waals surface area contributed by atoms with Crippen LogP contribution >= 0.6 is 11.8 Å². The summed E-state index contributed by atoms with van der Waals surface area (Å²) in [6.45, 7) is 0. The molecule has 2 rings (SSSR count). The van der Waals surface area contributed by atoms with Gasteiger partial charge in [-0.25, -0.2) is 0 Å². The van der Waals surface area contributed by atoms with Crippen LogP contribution in [0.15, 0.2) is 70.5 Å². The first-order valence-corrected chi connectivity index (χ1v) is 5.87. The molecule has 5 N–H and O–H groups in total. The molecule has 0 amide bonds. The van der Waals surface area contributed by atoms with E-state index in [9.17, 15) is 0 Å². The van der Waals surface area contributed by atoms with Gasteiger partial charge in [-0.1, -0.05) is 48.2 Å². The lowest BCUT2D eigenvalue weighted by atomic mass is 10.4. The fourth-order valence-electron chi connectivity index (χ4n) is 1.11. The number of hydrogen-bond acceptors (Lipinski definition) is 2. The lowest BCUT2D eigenvalue weighted by Crippen LogP contribution is -2.20. The zero-order chi connectivity index (χ0) is 12.5. The zero-order valence-electron chi connectivity index (χ0n) is 9.34. The van der Waals surface area contributed by atoms with Crippen LogP contribution in [0, 0.1) is 5.41 Å². The quantitative estimate of drug-likeness (QED) is 0.562. The zero-order valence-corrected chi connectivity index (χ0v) is 10.2. The Morgan fingerprint density at radius 3 is 1.35 bits per heavy atom. The van der Waals surface area contributed by atoms with E-state index in [-0.39, 0.29) is 5.96 Å². The number of guanidine groups is 1. The second kappa shape index (κ2) is 7.35. The van der Waals surface area contributed by atoms with Gasteiger partial charge in [0.1, 0.15) is 0 Å². The summed E-state index contributed by atoms with van der Waals surface area (Å²) >= 11 is 1.79. The van der Waals surface area contributed by atoms with Crippen LogP contribution in [0.25, 0.3) is 0 Å². The van der Waals surface area contributed by atoms with E-state index in [1.165, 1.54) is 9.79 Å².